The molecule has 1 N–H and O–H groups in total. The Kier molecular flexibility index (Phi) is 4.45. The Morgan fingerprint density at radius 3 is 3.00 bits per heavy atom. The van der Waals surface area contributed by atoms with Crippen LogP contribution in [-0.2, 0) is 6.54 Å². The summed E-state index contributed by atoms with van der Waals surface area (Å²) in [7, 11) is 0. The van der Waals surface area contributed by atoms with Gasteiger partial charge in [-0.05, 0) is 24.5 Å². The molecule has 5 nitrogen and oxygen atoms in total. The third-order valence-electron chi connectivity index (χ3n) is 3.85. The SMILES string of the molecule is O=C(c1cnn(Cc2ccccc2Cl)c1)N1CCCC(O)C1. The predicted octanol–water partition coefficient (Wildman–Crippen LogP) is 2.18. The molecule has 2 aromatic rings. The summed E-state index contributed by atoms with van der Waals surface area (Å²) in [6, 6.07) is 7.57. The van der Waals surface area contributed by atoms with Gasteiger partial charge < -0.3 is 10.0 Å². The maximum Gasteiger partial charge on any atom is 0.257 e. The second kappa shape index (κ2) is 6.50. The lowest BCUT2D eigenvalue weighted by Gasteiger charge is -2.29. The van der Waals surface area contributed by atoms with E-state index < -0.39 is 6.10 Å². The molecule has 3 rings (SSSR count). The molecule has 0 spiro atoms. The van der Waals surface area contributed by atoms with E-state index in [1.807, 2.05) is 24.3 Å². The number of likely N-dealkylation sites (tertiary alicyclic amines) is 1. The highest BCUT2D eigenvalue weighted by molar-refractivity contribution is 6.31. The zero-order chi connectivity index (χ0) is 15.5. The molecule has 0 saturated carbocycles. The van der Waals surface area contributed by atoms with Crippen molar-refractivity contribution in [3.8, 4) is 0 Å². The van der Waals surface area contributed by atoms with E-state index in [1.165, 1.54) is 0 Å². The first-order chi connectivity index (χ1) is 10.6. The summed E-state index contributed by atoms with van der Waals surface area (Å²) in [5.41, 5.74) is 1.50. The van der Waals surface area contributed by atoms with Crippen LogP contribution in [0.5, 0.6) is 0 Å². The van der Waals surface area contributed by atoms with Crippen LogP contribution in [0, 0.1) is 0 Å². The van der Waals surface area contributed by atoms with Gasteiger partial charge in [0.25, 0.3) is 5.91 Å². The molecule has 1 fully saturated rings. The van der Waals surface area contributed by atoms with Crippen LogP contribution in [0.15, 0.2) is 36.7 Å². The van der Waals surface area contributed by atoms with Gasteiger partial charge >= 0.3 is 0 Å². The van der Waals surface area contributed by atoms with Crippen LogP contribution in [0.4, 0.5) is 0 Å². The molecule has 1 atom stereocenters. The number of β-amino-alcohol motifs (C(OH)–C–C–N with tert-alkyl or cyclic N) is 1. The fourth-order valence-electron chi connectivity index (χ4n) is 2.68. The predicted molar refractivity (Wildman–Crippen MR) is 83.9 cm³/mol. The third kappa shape index (κ3) is 3.31. The number of aromatic nitrogens is 2. The van der Waals surface area contributed by atoms with Crippen LogP contribution >= 0.6 is 11.6 Å². The van der Waals surface area contributed by atoms with Gasteiger partial charge in [0.1, 0.15) is 0 Å². The lowest BCUT2D eigenvalue weighted by atomic mass is 10.1. The molecule has 2 heterocycles. The average molecular weight is 320 g/mol. The molecule has 1 aliphatic heterocycles. The molecular formula is C16H18ClN3O2. The second-order valence-electron chi connectivity index (χ2n) is 5.57. The number of hydrogen-bond donors (Lipinski definition) is 1. The van der Waals surface area contributed by atoms with Gasteiger partial charge in [0, 0.05) is 24.3 Å². The minimum absolute atomic E-state index is 0.0795. The number of amides is 1. The average Bonchev–Trinajstić information content (AvgIpc) is 2.97. The van der Waals surface area contributed by atoms with E-state index in [9.17, 15) is 9.90 Å². The molecule has 0 bridgehead atoms. The summed E-state index contributed by atoms with van der Waals surface area (Å²) >= 11 is 6.14. The maximum absolute atomic E-state index is 12.4. The molecule has 116 valence electrons. The standard InChI is InChI=1S/C16H18ClN3O2/c17-15-6-2-1-4-12(15)9-20-10-13(8-18-20)16(22)19-7-3-5-14(21)11-19/h1-2,4,6,8,10,14,21H,3,5,7,9,11H2. The lowest BCUT2D eigenvalue weighted by molar-refractivity contribution is 0.0473. The molecule has 0 aliphatic carbocycles. The summed E-state index contributed by atoms with van der Waals surface area (Å²) in [6.07, 6.45) is 4.47. The van der Waals surface area contributed by atoms with Gasteiger partial charge in [-0.15, -0.1) is 0 Å². The van der Waals surface area contributed by atoms with Crippen molar-refractivity contribution in [3.63, 3.8) is 0 Å². The van der Waals surface area contributed by atoms with Crippen molar-refractivity contribution in [2.45, 2.75) is 25.5 Å². The maximum atomic E-state index is 12.4. The highest BCUT2D eigenvalue weighted by Crippen LogP contribution is 2.17. The van der Waals surface area contributed by atoms with Crippen LogP contribution in [0.2, 0.25) is 5.02 Å². The van der Waals surface area contributed by atoms with E-state index >= 15 is 0 Å². The number of halogens is 1. The Bertz CT molecular complexity index is 671. The van der Waals surface area contributed by atoms with E-state index in [0.29, 0.717) is 30.2 Å². The van der Waals surface area contributed by atoms with Crippen molar-refractivity contribution >= 4 is 17.5 Å². The number of rotatable bonds is 3. The molecule has 6 heteroatoms. The molecule has 1 aromatic heterocycles. The fourth-order valence-corrected chi connectivity index (χ4v) is 2.88. The normalized spacial score (nSPS) is 18.5. The first-order valence-corrected chi connectivity index (χ1v) is 7.74. The van der Waals surface area contributed by atoms with Crippen molar-refractivity contribution in [1.82, 2.24) is 14.7 Å². The number of piperidine rings is 1. The summed E-state index contributed by atoms with van der Waals surface area (Å²) in [5.74, 6) is -0.0795. The van der Waals surface area contributed by atoms with E-state index in [4.69, 9.17) is 11.6 Å². The number of carbonyl (C=O) groups is 1. The van der Waals surface area contributed by atoms with Crippen molar-refractivity contribution in [1.29, 1.82) is 0 Å². The number of carbonyl (C=O) groups excluding carboxylic acids is 1. The lowest BCUT2D eigenvalue weighted by Crippen LogP contribution is -2.42. The molecule has 22 heavy (non-hydrogen) atoms. The van der Waals surface area contributed by atoms with Crippen molar-refractivity contribution < 1.29 is 9.90 Å². The Hall–Kier alpha value is -1.85. The van der Waals surface area contributed by atoms with Gasteiger partial charge in [-0.2, -0.15) is 5.10 Å². The van der Waals surface area contributed by atoms with E-state index in [2.05, 4.69) is 5.10 Å². The number of nitrogens with zero attached hydrogens (tertiary/aromatic N) is 3. The van der Waals surface area contributed by atoms with Crippen LogP contribution in [0.1, 0.15) is 28.8 Å². The van der Waals surface area contributed by atoms with Gasteiger partial charge in [0.15, 0.2) is 0 Å². The summed E-state index contributed by atoms with van der Waals surface area (Å²) in [6.45, 7) is 1.61. The van der Waals surface area contributed by atoms with Gasteiger partial charge in [0.05, 0.1) is 24.4 Å². The van der Waals surface area contributed by atoms with Crippen molar-refractivity contribution in [2.75, 3.05) is 13.1 Å². The van der Waals surface area contributed by atoms with Gasteiger partial charge in [-0.25, -0.2) is 0 Å². The van der Waals surface area contributed by atoms with Gasteiger partial charge in [-0.1, -0.05) is 29.8 Å². The van der Waals surface area contributed by atoms with Crippen LogP contribution in [0.3, 0.4) is 0 Å². The van der Waals surface area contributed by atoms with E-state index in [0.717, 1.165) is 18.4 Å². The Labute approximate surface area is 134 Å². The third-order valence-corrected chi connectivity index (χ3v) is 4.22. The highest BCUT2D eigenvalue weighted by atomic mass is 35.5. The zero-order valence-electron chi connectivity index (χ0n) is 12.2. The van der Waals surface area contributed by atoms with Gasteiger partial charge in [-0.3, -0.25) is 9.48 Å². The summed E-state index contributed by atoms with van der Waals surface area (Å²) in [5, 5.41) is 14.6. The van der Waals surface area contributed by atoms with E-state index in [1.54, 1.807) is 22.0 Å². The Morgan fingerprint density at radius 2 is 2.23 bits per heavy atom. The molecule has 1 amide bonds. The van der Waals surface area contributed by atoms with Crippen LogP contribution in [0.25, 0.3) is 0 Å². The highest BCUT2D eigenvalue weighted by Gasteiger charge is 2.23. The van der Waals surface area contributed by atoms with Crippen LogP contribution in [-0.4, -0.2) is 44.9 Å². The van der Waals surface area contributed by atoms with Crippen LogP contribution < -0.4 is 0 Å². The Balaban J connectivity index is 1.71. The number of aliphatic hydroxyl groups excluding tert-OH is 1. The van der Waals surface area contributed by atoms with Gasteiger partial charge in [0.2, 0.25) is 0 Å². The first kappa shape index (κ1) is 15.1. The fraction of sp³-hybridized carbons (Fsp3) is 0.375. The van der Waals surface area contributed by atoms with Crippen molar-refractivity contribution in [3.05, 3.63) is 52.8 Å². The number of aliphatic hydroxyl groups is 1. The summed E-state index contributed by atoms with van der Waals surface area (Å²) < 4.78 is 1.70. The molecule has 1 aliphatic rings. The number of benzene rings is 1. The molecular weight excluding hydrogens is 302 g/mol. The quantitative estimate of drug-likeness (QED) is 0.943. The topological polar surface area (TPSA) is 58.4 Å². The molecule has 0 radical (unpaired) electrons. The monoisotopic (exact) mass is 319 g/mol. The molecule has 1 saturated heterocycles. The first-order valence-electron chi connectivity index (χ1n) is 7.36. The smallest absolute Gasteiger partial charge is 0.257 e. The minimum Gasteiger partial charge on any atom is -0.391 e. The molecule has 1 unspecified atom stereocenters. The van der Waals surface area contributed by atoms with Crippen molar-refractivity contribution in [2.24, 2.45) is 0 Å². The zero-order valence-corrected chi connectivity index (χ0v) is 12.9. The Morgan fingerprint density at radius 1 is 1.41 bits per heavy atom. The molecule has 1 aromatic carbocycles. The summed E-state index contributed by atoms with van der Waals surface area (Å²) in [4.78, 5) is 14.1. The second-order valence-corrected chi connectivity index (χ2v) is 5.97. The number of hydrogen-bond acceptors (Lipinski definition) is 3. The van der Waals surface area contributed by atoms with E-state index in [-0.39, 0.29) is 5.91 Å². The largest absolute Gasteiger partial charge is 0.391 e. The minimum atomic E-state index is -0.420.